The largest absolute Gasteiger partial charge is 0.330 e. The van der Waals surface area contributed by atoms with Crippen LogP contribution in [0.1, 0.15) is 58.5 Å². The van der Waals surface area contributed by atoms with Crippen molar-refractivity contribution in [3.8, 4) is 0 Å². The summed E-state index contributed by atoms with van der Waals surface area (Å²) in [5.74, 6) is -0.901. The molecule has 0 N–H and O–H groups in total. The van der Waals surface area contributed by atoms with Crippen LogP contribution < -0.4 is 4.90 Å². The third kappa shape index (κ3) is 3.26. The minimum Gasteiger partial charge on any atom is -0.330 e. The first kappa shape index (κ1) is 19.7. The molecule has 158 valence electrons. The Morgan fingerprint density at radius 3 is 2.55 bits per heavy atom. The van der Waals surface area contributed by atoms with E-state index in [1.165, 1.54) is 17.4 Å². The summed E-state index contributed by atoms with van der Waals surface area (Å²) < 4.78 is 14.4. The number of anilines is 1. The summed E-state index contributed by atoms with van der Waals surface area (Å²) in [5, 5.41) is 0.688. The molecule has 5 rings (SSSR count). The molecule has 3 aromatic rings. The molecule has 0 saturated heterocycles. The summed E-state index contributed by atoms with van der Waals surface area (Å²) in [5.41, 5.74) is 2.26. The fourth-order valence-electron chi connectivity index (χ4n) is 4.89. The van der Waals surface area contributed by atoms with Gasteiger partial charge in [-0.25, -0.2) is 9.37 Å². The highest BCUT2D eigenvalue weighted by Crippen LogP contribution is 2.35. The van der Waals surface area contributed by atoms with Gasteiger partial charge in [0.05, 0.1) is 16.8 Å². The van der Waals surface area contributed by atoms with Crippen LogP contribution in [0.3, 0.4) is 0 Å². The van der Waals surface area contributed by atoms with Gasteiger partial charge in [0.2, 0.25) is 0 Å². The number of halogens is 1. The van der Waals surface area contributed by atoms with Crippen molar-refractivity contribution in [2.45, 2.75) is 44.7 Å². The minimum absolute atomic E-state index is 0.102. The molecule has 2 amide bonds. The molecule has 0 atom stereocenters. The molecule has 1 aliphatic heterocycles. The summed E-state index contributed by atoms with van der Waals surface area (Å²) in [6.07, 6.45) is 5.39. The van der Waals surface area contributed by atoms with Gasteiger partial charge in [-0.2, -0.15) is 0 Å². The van der Waals surface area contributed by atoms with E-state index in [1.807, 2.05) is 29.2 Å². The number of carbonyl (C=O) groups is 2. The Kier molecular flexibility index (Phi) is 4.93. The Balaban J connectivity index is 1.63. The first-order valence-corrected chi connectivity index (χ1v) is 10.8. The number of aromatic nitrogens is 1. The maximum Gasteiger partial charge on any atom is 0.273 e. The van der Waals surface area contributed by atoms with Crippen LogP contribution in [-0.2, 0) is 6.54 Å². The fraction of sp³-hybridized carbons (Fsp3) is 0.320. The molecule has 1 saturated carbocycles. The lowest BCUT2D eigenvalue weighted by atomic mass is 9.94. The lowest BCUT2D eigenvalue weighted by Crippen LogP contribution is -2.37. The van der Waals surface area contributed by atoms with E-state index >= 15 is 0 Å². The predicted molar refractivity (Wildman–Crippen MR) is 118 cm³/mol. The van der Waals surface area contributed by atoms with Crippen LogP contribution in [0.25, 0.3) is 10.9 Å². The Morgan fingerprint density at radius 2 is 1.77 bits per heavy atom. The SMILES string of the molecule is CN(C(=O)c1c2c(nc3ccccc13)C(=O)N(C1CCCCC1)C2)c1ccccc1F. The van der Waals surface area contributed by atoms with E-state index in [0.29, 0.717) is 34.3 Å². The molecule has 6 heteroatoms. The van der Waals surface area contributed by atoms with E-state index in [4.69, 9.17) is 0 Å². The third-order valence-corrected chi connectivity index (χ3v) is 6.53. The number of nitrogens with zero attached hydrogens (tertiary/aromatic N) is 3. The van der Waals surface area contributed by atoms with Crippen molar-refractivity contribution < 1.29 is 14.0 Å². The number of rotatable bonds is 3. The second-order valence-electron chi connectivity index (χ2n) is 8.37. The molecule has 1 fully saturated rings. The second-order valence-corrected chi connectivity index (χ2v) is 8.37. The summed E-state index contributed by atoms with van der Waals surface area (Å²) >= 11 is 0. The van der Waals surface area contributed by atoms with Gasteiger partial charge in [0, 0.05) is 30.6 Å². The lowest BCUT2D eigenvalue weighted by molar-refractivity contribution is 0.0655. The van der Waals surface area contributed by atoms with Gasteiger partial charge >= 0.3 is 0 Å². The van der Waals surface area contributed by atoms with E-state index in [9.17, 15) is 14.0 Å². The lowest BCUT2D eigenvalue weighted by Gasteiger charge is -2.30. The van der Waals surface area contributed by atoms with Gasteiger partial charge in [0.1, 0.15) is 11.5 Å². The Hall–Kier alpha value is -3.28. The highest BCUT2D eigenvalue weighted by atomic mass is 19.1. The molecule has 31 heavy (non-hydrogen) atoms. The predicted octanol–water partition coefficient (Wildman–Crippen LogP) is 4.94. The van der Waals surface area contributed by atoms with Crippen molar-refractivity contribution in [2.24, 2.45) is 0 Å². The van der Waals surface area contributed by atoms with E-state index < -0.39 is 5.82 Å². The zero-order valence-corrected chi connectivity index (χ0v) is 17.5. The van der Waals surface area contributed by atoms with Crippen molar-refractivity contribution >= 4 is 28.4 Å². The van der Waals surface area contributed by atoms with Gasteiger partial charge in [-0.15, -0.1) is 0 Å². The van der Waals surface area contributed by atoms with Crippen LogP contribution >= 0.6 is 0 Å². The highest BCUT2D eigenvalue weighted by molar-refractivity contribution is 6.17. The van der Waals surface area contributed by atoms with Gasteiger partial charge < -0.3 is 9.80 Å². The molecule has 0 radical (unpaired) electrons. The first-order chi connectivity index (χ1) is 15.1. The maximum absolute atomic E-state index is 14.4. The summed E-state index contributed by atoms with van der Waals surface area (Å²) in [4.78, 5) is 34.8. The molecule has 0 spiro atoms. The van der Waals surface area contributed by atoms with Gasteiger partial charge in [-0.3, -0.25) is 9.59 Å². The van der Waals surface area contributed by atoms with Crippen molar-refractivity contribution in [1.82, 2.24) is 9.88 Å². The van der Waals surface area contributed by atoms with Crippen molar-refractivity contribution in [3.63, 3.8) is 0 Å². The van der Waals surface area contributed by atoms with E-state index in [2.05, 4.69) is 4.98 Å². The average Bonchev–Trinajstić information content (AvgIpc) is 3.13. The molecule has 2 aromatic carbocycles. The topological polar surface area (TPSA) is 53.5 Å². The van der Waals surface area contributed by atoms with Gasteiger partial charge in [-0.1, -0.05) is 49.6 Å². The van der Waals surface area contributed by atoms with E-state index in [0.717, 1.165) is 25.7 Å². The molecule has 0 unspecified atom stereocenters. The number of amides is 2. The molecule has 2 aliphatic rings. The number of carbonyl (C=O) groups excluding carboxylic acids is 2. The number of hydrogen-bond acceptors (Lipinski definition) is 3. The zero-order valence-electron chi connectivity index (χ0n) is 17.5. The number of fused-ring (bicyclic) bond motifs is 2. The fourth-order valence-corrected chi connectivity index (χ4v) is 4.89. The van der Waals surface area contributed by atoms with Crippen LogP contribution in [0.2, 0.25) is 0 Å². The smallest absolute Gasteiger partial charge is 0.273 e. The summed E-state index contributed by atoms with van der Waals surface area (Å²) in [7, 11) is 1.57. The molecule has 2 heterocycles. The normalized spacial score (nSPS) is 16.6. The monoisotopic (exact) mass is 417 g/mol. The molecule has 5 nitrogen and oxygen atoms in total. The Labute approximate surface area is 180 Å². The molecular weight excluding hydrogens is 393 g/mol. The van der Waals surface area contributed by atoms with Gasteiger partial charge in [0.25, 0.3) is 11.8 Å². The summed E-state index contributed by atoms with van der Waals surface area (Å²) in [6, 6.07) is 13.7. The first-order valence-electron chi connectivity index (χ1n) is 10.8. The number of pyridine rings is 1. The van der Waals surface area contributed by atoms with E-state index in [1.54, 1.807) is 25.2 Å². The average molecular weight is 417 g/mol. The molecular formula is C25H24FN3O2. The number of hydrogen-bond donors (Lipinski definition) is 0. The second kappa shape index (κ2) is 7.76. The van der Waals surface area contributed by atoms with Crippen molar-refractivity contribution in [3.05, 3.63) is 71.2 Å². The van der Waals surface area contributed by atoms with Crippen LogP contribution in [0.4, 0.5) is 10.1 Å². The van der Waals surface area contributed by atoms with Crippen LogP contribution in [0.5, 0.6) is 0 Å². The zero-order chi connectivity index (χ0) is 21.5. The van der Waals surface area contributed by atoms with Crippen LogP contribution in [0.15, 0.2) is 48.5 Å². The standard InChI is InChI=1S/C25H24FN3O2/c1-28(21-14-8-6-12-19(21)26)24(30)22-17-11-5-7-13-20(17)27-23-18(22)15-29(25(23)31)16-9-3-2-4-10-16/h5-8,11-14,16H,2-4,9-10,15H2,1H3. The summed E-state index contributed by atoms with van der Waals surface area (Å²) in [6.45, 7) is 0.378. The molecule has 0 bridgehead atoms. The maximum atomic E-state index is 14.4. The number of benzene rings is 2. The van der Waals surface area contributed by atoms with Crippen molar-refractivity contribution in [1.29, 1.82) is 0 Å². The molecule has 1 aromatic heterocycles. The molecule has 1 aliphatic carbocycles. The van der Waals surface area contributed by atoms with Crippen LogP contribution in [0, 0.1) is 5.82 Å². The Morgan fingerprint density at radius 1 is 1.06 bits per heavy atom. The number of para-hydroxylation sites is 2. The third-order valence-electron chi connectivity index (χ3n) is 6.53. The van der Waals surface area contributed by atoms with Crippen LogP contribution in [-0.4, -0.2) is 34.8 Å². The minimum atomic E-state index is -0.465. The van der Waals surface area contributed by atoms with E-state index in [-0.39, 0.29) is 23.5 Å². The quantitative estimate of drug-likeness (QED) is 0.607. The Bertz CT molecular complexity index is 1190. The van der Waals surface area contributed by atoms with Gasteiger partial charge in [0.15, 0.2) is 0 Å². The highest BCUT2D eigenvalue weighted by Gasteiger charge is 2.38. The van der Waals surface area contributed by atoms with Crippen molar-refractivity contribution in [2.75, 3.05) is 11.9 Å². The van der Waals surface area contributed by atoms with Gasteiger partial charge in [-0.05, 0) is 31.0 Å².